The fraction of sp³-hybridized carbons (Fsp3) is 0.429. The van der Waals surface area contributed by atoms with Crippen molar-refractivity contribution in [2.75, 3.05) is 0 Å². The zero-order valence-electron chi connectivity index (χ0n) is 11.7. The average Bonchev–Trinajstić information content (AvgIpc) is 2.42. The van der Waals surface area contributed by atoms with Crippen LogP contribution in [0.3, 0.4) is 0 Å². The number of carboxylic acid groups (broad SMARTS) is 1. The Morgan fingerprint density at radius 2 is 2.00 bits per heavy atom. The SMILES string of the molecule is O=C(O)NC1(c2cccc(OC(F)(F)F)c2F)CCCCC1=O. The summed E-state index contributed by atoms with van der Waals surface area (Å²) in [6.07, 6.45) is -5.78. The molecular weight excluding hydrogens is 322 g/mol. The molecule has 9 heteroatoms. The van der Waals surface area contributed by atoms with Crippen molar-refractivity contribution in [1.82, 2.24) is 5.32 Å². The number of hydrogen-bond acceptors (Lipinski definition) is 3. The largest absolute Gasteiger partial charge is 0.573 e. The van der Waals surface area contributed by atoms with E-state index in [1.54, 1.807) is 0 Å². The summed E-state index contributed by atoms with van der Waals surface area (Å²) in [6.45, 7) is 0. The number of Topliss-reactive ketones (excluding diaryl/α,β-unsaturated/α-hetero) is 1. The van der Waals surface area contributed by atoms with Crippen molar-refractivity contribution in [3.05, 3.63) is 29.6 Å². The summed E-state index contributed by atoms with van der Waals surface area (Å²) in [5.41, 5.74) is -2.37. The molecule has 0 aromatic heterocycles. The molecule has 1 atom stereocenters. The first-order valence-electron chi connectivity index (χ1n) is 6.75. The number of alkyl halides is 3. The maximum Gasteiger partial charge on any atom is 0.573 e. The van der Waals surface area contributed by atoms with Gasteiger partial charge in [0, 0.05) is 12.0 Å². The smallest absolute Gasteiger partial charge is 0.465 e. The molecule has 0 radical (unpaired) electrons. The van der Waals surface area contributed by atoms with Gasteiger partial charge in [-0.15, -0.1) is 13.2 Å². The standard InChI is InChI=1S/C14H13F4NO4/c15-11-8(4-3-5-9(11)23-14(16,17)18)13(19-12(21)22)7-2-1-6-10(13)20/h3-5,19H,1-2,6-7H2,(H,21,22). The van der Waals surface area contributed by atoms with Crippen molar-refractivity contribution in [3.63, 3.8) is 0 Å². The van der Waals surface area contributed by atoms with E-state index in [-0.39, 0.29) is 12.8 Å². The summed E-state index contributed by atoms with van der Waals surface area (Å²) in [6, 6.07) is 2.92. The summed E-state index contributed by atoms with van der Waals surface area (Å²) in [7, 11) is 0. The van der Waals surface area contributed by atoms with E-state index in [0.29, 0.717) is 12.8 Å². The van der Waals surface area contributed by atoms with Gasteiger partial charge in [0.2, 0.25) is 0 Å². The lowest BCUT2D eigenvalue weighted by molar-refractivity contribution is -0.275. The van der Waals surface area contributed by atoms with Gasteiger partial charge in [-0.1, -0.05) is 12.1 Å². The predicted molar refractivity (Wildman–Crippen MR) is 69.4 cm³/mol. The lowest BCUT2D eigenvalue weighted by atomic mass is 9.75. The molecule has 1 aliphatic carbocycles. The third-order valence-electron chi connectivity index (χ3n) is 3.65. The molecule has 5 nitrogen and oxygen atoms in total. The van der Waals surface area contributed by atoms with Crippen LogP contribution in [0.25, 0.3) is 0 Å². The summed E-state index contributed by atoms with van der Waals surface area (Å²) in [5, 5.41) is 10.9. The third kappa shape index (κ3) is 3.54. The first kappa shape index (κ1) is 17.0. The maximum atomic E-state index is 14.4. The average molecular weight is 335 g/mol. The molecule has 1 amide bonds. The van der Waals surface area contributed by atoms with Crippen molar-refractivity contribution >= 4 is 11.9 Å². The Bertz CT molecular complexity index is 632. The highest BCUT2D eigenvalue weighted by Gasteiger charge is 2.45. The summed E-state index contributed by atoms with van der Waals surface area (Å²) >= 11 is 0. The van der Waals surface area contributed by atoms with Gasteiger partial charge in [0.1, 0.15) is 5.54 Å². The van der Waals surface area contributed by atoms with Crippen LogP contribution < -0.4 is 10.1 Å². The van der Waals surface area contributed by atoms with Gasteiger partial charge in [-0.05, 0) is 25.3 Å². The second-order valence-corrected chi connectivity index (χ2v) is 5.13. The van der Waals surface area contributed by atoms with Gasteiger partial charge in [0.05, 0.1) is 0 Å². The van der Waals surface area contributed by atoms with Gasteiger partial charge in [-0.3, -0.25) is 4.79 Å². The quantitative estimate of drug-likeness (QED) is 0.831. The van der Waals surface area contributed by atoms with Gasteiger partial charge in [-0.25, -0.2) is 9.18 Å². The Morgan fingerprint density at radius 3 is 2.57 bits per heavy atom. The third-order valence-corrected chi connectivity index (χ3v) is 3.65. The number of amides is 1. The molecule has 0 bridgehead atoms. The normalized spacial score (nSPS) is 21.8. The maximum absolute atomic E-state index is 14.4. The topological polar surface area (TPSA) is 75.6 Å². The number of rotatable bonds is 3. The summed E-state index contributed by atoms with van der Waals surface area (Å²) in [4.78, 5) is 23.3. The molecule has 23 heavy (non-hydrogen) atoms. The lowest BCUT2D eigenvalue weighted by Gasteiger charge is -2.36. The van der Waals surface area contributed by atoms with E-state index in [1.165, 1.54) is 0 Å². The van der Waals surface area contributed by atoms with Gasteiger partial charge in [-0.2, -0.15) is 0 Å². The van der Waals surface area contributed by atoms with Crippen LogP contribution in [-0.2, 0) is 10.3 Å². The Hall–Kier alpha value is -2.32. The van der Waals surface area contributed by atoms with Crippen LogP contribution in [0.15, 0.2) is 18.2 Å². The number of carbonyl (C=O) groups is 2. The molecule has 0 saturated heterocycles. The van der Waals surface area contributed by atoms with Crippen molar-refractivity contribution in [2.45, 2.75) is 37.6 Å². The molecule has 0 aliphatic heterocycles. The fourth-order valence-electron chi connectivity index (χ4n) is 2.74. The van der Waals surface area contributed by atoms with Crippen molar-refractivity contribution in [3.8, 4) is 5.75 Å². The second-order valence-electron chi connectivity index (χ2n) is 5.13. The highest BCUT2D eigenvalue weighted by atomic mass is 19.4. The second kappa shape index (κ2) is 6.05. The Balaban J connectivity index is 2.53. The molecule has 2 N–H and O–H groups in total. The Labute approximate surface area is 128 Å². The van der Waals surface area contributed by atoms with Crippen LogP contribution >= 0.6 is 0 Å². The number of ether oxygens (including phenoxy) is 1. The summed E-state index contributed by atoms with van der Waals surface area (Å²) < 4.78 is 55.0. The van der Waals surface area contributed by atoms with Gasteiger partial charge < -0.3 is 15.2 Å². The first-order chi connectivity index (χ1) is 10.7. The number of benzene rings is 1. The number of hydrogen-bond donors (Lipinski definition) is 2. The predicted octanol–water partition coefficient (Wildman–Crippen LogP) is 3.33. The highest BCUT2D eigenvalue weighted by Crippen LogP contribution is 2.39. The minimum Gasteiger partial charge on any atom is -0.465 e. The molecule has 0 heterocycles. The van der Waals surface area contributed by atoms with Crippen LogP contribution in [0.5, 0.6) is 5.75 Å². The van der Waals surface area contributed by atoms with Crippen molar-refractivity contribution in [2.24, 2.45) is 0 Å². The van der Waals surface area contributed by atoms with Crippen molar-refractivity contribution in [1.29, 1.82) is 0 Å². The van der Waals surface area contributed by atoms with Gasteiger partial charge in [0.25, 0.3) is 0 Å². The monoisotopic (exact) mass is 335 g/mol. The zero-order chi connectivity index (χ0) is 17.3. The van der Waals surface area contributed by atoms with E-state index >= 15 is 0 Å². The number of carbonyl (C=O) groups excluding carboxylic acids is 1. The molecule has 2 rings (SSSR count). The highest BCUT2D eigenvalue weighted by molar-refractivity contribution is 5.93. The first-order valence-corrected chi connectivity index (χ1v) is 6.75. The molecule has 1 saturated carbocycles. The number of ketones is 1. The van der Waals surface area contributed by atoms with E-state index in [4.69, 9.17) is 5.11 Å². The number of nitrogens with one attached hydrogen (secondary N) is 1. The fourth-order valence-corrected chi connectivity index (χ4v) is 2.74. The van der Waals surface area contributed by atoms with Gasteiger partial charge >= 0.3 is 12.5 Å². The molecule has 1 unspecified atom stereocenters. The van der Waals surface area contributed by atoms with Crippen LogP contribution in [0, 0.1) is 5.82 Å². The van der Waals surface area contributed by atoms with E-state index < -0.39 is 40.9 Å². The summed E-state index contributed by atoms with van der Waals surface area (Å²) in [5.74, 6) is -3.11. The number of halogens is 4. The van der Waals surface area contributed by atoms with Crippen LogP contribution in [0.1, 0.15) is 31.2 Å². The Morgan fingerprint density at radius 1 is 1.30 bits per heavy atom. The molecule has 0 spiro atoms. The van der Waals surface area contributed by atoms with E-state index in [1.807, 2.05) is 5.32 Å². The molecule has 1 fully saturated rings. The van der Waals surface area contributed by atoms with Crippen molar-refractivity contribution < 1.29 is 37.0 Å². The zero-order valence-corrected chi connectivity index (χ0v) is 11.7. The van der Waals surface area contributed by atoms with Crippen LogP contribution in [-0.4, -0.2) is 23.3 Å². The van der Waals surface area contributed by atoms with Crippen LogP contribution in [0.4, 0.5) is 22.4 Å². The molecule has 1 aromatic rings. The minimum atomic E-state index is -5.11. The lowest BCUT2D eigenvalue weighted by Crippen LogP contribution is -2.53. The molecular formula is C14H13F4NO4. The van der Waals surface area contributed by atoms with E-state index in [0.717, 1.165) is 18.2 Å². The molecule has 1 aliphatic rings. The minimum absolute atomic E-state index is 0.00404. The molecule has 1 aromatic carbocycles. The van der Waals surface area contributed by atoms with Crippen LogP contribution in [0.2, 0.25) is 0 Å². The molecule has 126 valence electrons. The van der Waals surface area contributed by atoms with Gasteiger partial charge in [0.15, 0.2) is 17.3 Å². The Kier molecular flexibility index (Phi) is 4.49. The van der Waals surface area contributed by atoms with E-state index in [2.05, 4.69) is 4.74 Å². The van der Waals surface area contributed by atoms with E-state index in [9.17, 15) is 27.2 Å².